The lowest BCUT2D eigenvalue weighted by atomic mass is 10.1. The number of carbonyl (C=O) groups is 1. The first-order chi connectivity index (χ1) is 14.6. The highest BCUT2D eigenvalue weighted by Gasteiger charge is 2.29. The van der Waals surface area contributed by atoms with Crippen molar-refractivity contribution in [2.24, 2.45) is 0 Å². The fraction of sp³-hybridized carbons (Fsp3) is 0.364. The van der Waals surface area contributed by atoms with Gasteiger partial charge in [0.05, 0.1) is 30.5 Å². The summed E-state index contributed by atoms with van der Waals surface area (Å²) in [5, 5.41) is 7.24. The average molecular weight is 423 g/mol. The second-order valence-corrected chi connectivity index (χ2v) is 8.78. The van der Waals surface area contributed by atoms with Crippen molar-refractivity contribution in [3.8, 4) is 0 Å². The number of aromatic nitrogens is 3. The monoisotopic (exact) mass is 422 g/mol. The molecule has 0 aromatic carbocycles. The van der Waals surface area contributed by atoms with Crippen LogP contribution in [0.3, 0.4) is 0 Å². The quantitative estimate of drug-likeness (QED) is 0.603. The molecule has 8 heteroatoms. The Balaban J connectivity index is 1.41. The molecule has 1 atom stereocenters. The molecule has 1 amide bonds. The Kier molecular flexibility index (Phi) is 6.35. The van der Waals surface area contributed by atoms with E-state index in [1.54, 1.807) is 17.5 Å². The molecule has 3 aromatic rings. The largest absolute Gasteiger partial charge is 0.349 e. The number of likely N-dealkylation sites (tertiary alicyclic amines) is 1. The summed E-state index contributed by atoms with van der Waals surface area (Å²) >= 11 is 1.63. The Hall–Kier alpha value is -2.84. The van der Waals surface area contributed by atoms with E-state index in [1.807, 2.05) is 44.3 Å². The minimum atomic E-state index is 0.0109. The highest BCUT2D eigenvalue weighted by molar-refractivity contribution is 7.15. The van der Waals surface area contributed by atoms with Gasteiger partial charge >= 0.3 is 0 Å². The summed E-state index contributed by atoms with van der Waals surface area (Å²) in [4.78, 5) is 29.3. The number of pyridine rings is 2. The number of nitrogens with one attached hydrogen (secondary N) is 2. The molecule has 1 saturated heterocycles. The van der Waals surface area contributed by atoms with Gasteiger partial charge in [0.1, 0.15) is 0 Å². The van der Waals surface area contributed by atoms with Gasteiger partial charge < -0.3 is 10.6 Å². The van der Waals surface area contributed by atoms with E-state index in [4.69, 9.17) is 4.98 Å². The van der Waals surface area contributed by atoms with Crippen LogP contribution in [0.5, 0.6) is 0 Å². The molecule has 4 rings (SSSR count). The van der Waals surface area contributed by atoms with Crippen LogP contribution in [-0.2, 0) is 11.3 Å². The van der Waals surface area contributed by atoms with Gasteiger partial charge in [-0.15, -0.1) is 11.3 Å². The van der Waals surface area contributed by atoms with Crippen LogP contribution in [0.15, 0.2) is 42.7 Å². The van der Waals surface area contributed by atoms with Crippen LogP contribution >= 0.6 is 11.3 Å². The summed E-state index contributed by atoms with van der Waals surface area (Å²) in [5.74, 6) is 0.0109. The van der Waals surface area contributed by atoms with Crippen molar-refractivity contribution in [2.75, 3.05) is 18.4 Å². The van der Waals surface area contributed by atoms with Gasteiger partial charge in [-0.3, -0.25) is 19.7 Å². The average Bonchev–Trinajstić information content (AvgIpc) is 3.35. The SMILES string of the molecule is Cc1cc(Nc2ncc(C)s2)cc([C@H]2CCCN2CC(=O)NCc2ccccn2)n1. The molecule has 3 aromatic heterocycles. The number of rotatable bonds is 7. The van der Waals surface area contributed by atoms with Crippen molar-refractivity contribution in [2.45, 2.75) is 39.3 Å². The summed E-state index contributed by atoms with van der Waals surface area (Å²) in [5.41, 5.74) is 3.80. The van der Waals surface area contributed by atoms with Crippen LogP contribution in [0.1, 0.15) is 40.8 Å². The Labute approximate surface area is 180 Å². The highest BCUT2D eigenvalue weighted by atomic mass is 32.1. The molecule has 0 bridgehead atoms. The molecule has 156 valence electrons. The van der Waals surface area contributed by atoms with Gasteiger partial charge in [0, 0.05) is 28.7 Å². The number of thiazole rings is 1. The minimum Gasteiger partial charge on any atom is -0.349 e. The molecule has 0 unspecified atom stereocenters. The standard InChI is InChI=1S/C22H26N6OS/c1-15-10-18(27-22-25-12-16(2)30-22)11-19(26-15)20-7-5-9-28(20)14-21(29)24-13-17-6-3-4-8-23-17/h3-4,6,8,10-12,20H,5,7,9,13-14H2,1-2H3,(H,24,29)(H,25,26,27)/t20-/m1/s1. The number of anilines is 2. The molecule has 0 saturated carbocycles. The van der Waals surface area contributed by atoms with E-state index in [-0.39, 0.29) is 11.9 Å². The summed E-state index contributed by atoms with van der Waals surface area (Å²) in [6.07, 6.45) is 5.66. The summed E-state index contributed by atoms with van der Waals surface area (Å²) < 4.78 is 0. The van der Waals surface area contributed by atoms with Gasteiger partial charge in [-0.25, -0.2) is 4.98 Å². The lowest BCUT2D eigenvalue weighted by Gasteiger charge is -2.24. The predicted octanol–water partition coefficient (Wildman–Crippen LogP) is 3.75. The third-order valence-corrected chi connectivity index (χ3v) is 5.92. The van der Waals surface area contributed by atoms with E-state index in [0.717, 1.165) is 47.3 Å². The van der Waals surface area contributed by atoms with E-state index < -0.39 is 0 Å². The zero-order chi connectivity index (χ0) is 20.9. The normalized spacial score (nSPS) is 16.5. The second-order valence-electron chi connectivity index (χ2n) is 7.55. The van der Waals surface area contributed by atoms with Gasteiger partial charge in [0.2, 0.25) is 5.91 Å². The first kappa shape index (κ1) is 20.4. The van der Waals surface area contributed by atoms with Crippen molar-refractivity contribution in [1.82, 2.24) is 25.2 Å². The first-order valence-electron chi connectivity index (χ1n) is 10.2. The number of carbonyl (C=O) groups excluding carboxylic acids is 1. The van der Waals surface area contributed by atoms with Crippen molar-refractivity contribution in [3.63, 3.8) is 0 Å². The van der Waals surface area contributed by atoms with E-state index in [1.165, 1.54) is 4.88 Å². The molecule has 0 aliphatic carbocycles. The van der Waals surface area contributed by atoms with E-state index in [0.29, 0.717) is 13.1 Å². The topological polar surface area (TPSA) is 83.0 Å². The van der Waals surface area contributed by atoms with Crippen LogP contribution in [0.25, 0.3) is 0 Å². The Morgan fingerprint density at radius 3 is 2.93 bits per heavy atom. The van der Waals surface area contributed by atoms with E-state index in [2.05, 4.69) is 31.6 Å². The zero-order valence-electron chi connectivity index (χ0n) is 17.3. The molecule has 0 radical (unpaired) electrons. The van der Waals surface area contributed by atoms with E-state index in [9.17, 15) is 4.79 Å². The third kappa shape index (κ3) is 5.20. The predicted molar refractivity (Wildman–Crippen MR) is 119 cm³/mol. The lowest BCUT2D eigenvalue weighted by molar-refractivity contribution is -0.122. The molecular formula is C22H26N6OS. The van der Waals surface area contributed by atoms with Gasteiger partial charge in [-0.2, -0.15) is 0 Å². The van der Waals surface area contributed by atoms with Crippen LogP contribution in [0.4, 0.5) is 10.8 Å². The maximum absolute atomic E-state index is 12.5. The number of hydrogen-bond acceptors (Lipinski definition) is 7. The minimum absolute atomic E-state index is 0.0109. The zero-order valence-corrected chi connectivity index (χ0v) is 18.1. The van der Waals surface area contributed by atoms with Crippen molar-refractivity contribution < 1.29 is 4.79 Å². The Bertz CT molecular complexity index is 1010. The van der Waals surface area contributed by atoms with Crippen LogP contribution in [0, 0.1) is 13.8 Å². The maximum Gasteiger partial charge on any atom is 0.234 e. The number of aryl methyl sites for hydroxylation is 2. The molecule has 0 spiro atoms. The highest BCUT2D eigenvalue weighted by Crippen LogP contribution is 2.33. The molecule has 30 heavy (non-hydrogen) atoms. The van der Waals surface area contributed by atoms with Crippen LogP contribution in [0.2, 0.25) is 0 Å². The molecule has 1 fully saturated rings. The van der Waals surface area contributed by atoms with Crippen LogP contribution < -0.4 is 10.6 Å². The van der Waals surface area contributed by atoms with Crippen LogP contribution in [-0.4, -0.2) is 38.8 Å². The Morgan fingerprint density at radius 2 is 2.17 bits per heavy atom. The summed E-state index contributed by atoms with van der Waals surface area (Å²) in [6.45, 7) is 5.75. The molecule has 1 aliphatic heterocycles. The van der Waals surface area contributed by atoms with Gasteiger partial charge in [0.15, 0.2) is 5.13 Å². The maximum atomic E-state index is 12.5. The van der Waals surface area contributed by atoms with E-state index >= 15 is 0 Å². The second kappa shape index (κ2) is 9.32. The van der Waals surface area contributed by atoms with Gasteiger partial charge in [0.25, 0.3) is 0 Å². The Morgan fingerprint density at radius 1 is 1.27 bits per heavy atom. The van der Waals surface area contributed by atoms with Crippen molar-refractivity contribution in [3.05, 3.63) is 64.7 Å². The smallest absolute Gasteiger partial charge is 0.234 e. The number of nitrogens with zero attached hydrogens (tertiary/aromatic N) is 4. The van der Waals surface area contributed by atoms with Gasteiger partial charge in [-0.1, -0.05) is 6.07 Å². The fourth-order valence-electron chi connectivity index (χ4n) is 3.76. The fourth-order valence-corrected chi connectivity index (χ4v) is 4.44. The summed E-state index contributed by atoms with van der Waals surface area (Å²) in [6, 6.07) is 9.95. The summed E-state index contributed by atoms with van der Waals surface area (Å²) in [7, 11) is 0. The van der Waals surface area contributed by atoms with Crippen molar-refractivity contribution in [1.29, 1.82) is 0 Å². The molecular weight excluding hydrogens is 396 g/mol. The molecule has 2 N–H and O–H groups in total. The number of hydrogen-bond donors (Lipinski definition) is 2. The van der Waals surface area contributed by atoms with Gasteiger partial charge in [-0.05, 0) is 57.5 Å². The molecule has 7 nitrogen and oxygen atoms in total. The molecule has 4 heterocycles. The number of amides is 1. The first-order valence-corrected chi connectivity index (χ1v) is 11.0. The third-order valence-electron chi connectivity index (χ3n) is 5.09. The molecule has 1 aliphatic rings. The van der Waals surface area contributed by atoms with Crippen molar-refractivity contribution >= 4 is 28.1 Å². The lowest BCUT2D eigenvalue weighted by Crippen LogP contribution is -2.37.